The van der Waals surface area contributed by atoms with Crippen molar-refractivity contribution in [1.82, 2.24) is 0 Å². The van der Waals surface area contributed by atoms with E-state index < -0.39 is 6.10 Å². The molecule has 1 aromatic heterocycles. The van der Waals surface area contributed by atoms with Gasteiger partial charge in [0.05, 0.1) is 18.0 Å². The molecule has 1 atom stereocenters. The summed E-state index contributed by atoms with van der Waals surface area (Å²) >= 11 is 7.50. The highest BCUT2D eigenvalue weighted by molar-refractivity contribution is 7.09. The number of hydrogen-bond acceptors (Lipinski definition) is 4. The Morgan fingerprint density at radius 3 is 2.95 bits per heavy atom. The van der Waals surface area contributed by atoms with Gasteiger partial charge in [-0.05, 0) is 36.6 Å². The van der Waals surface area contributed by atoms with Crippen molar-refractivity contribution in [3.63, 3.8) is 0 Å². The van der Waals surface area contributed by atoms with Crippen molar-refractivity contribution in [2.45, 2.75) is 19.4 Å². The van der Waals surface area contributed by atoms with Crippen molar-refractivity contribution < 1.29 is 9.53 Å². The van der Waals surface area contributed by atoms with E-state index in [0.717, 1.165) is 6.42 Å². The topological polar surface area (TPSA) is 64.3 Å². The molecule has 4 nitrogen and oxygen atoms in total. The summed E-state index contributed by atoms with van der Waals surface area (Å²) in [6, 6.07) is 9.00. The predicted molar refractivity (Wildman–Crippen MR) is 87.9 cm³/mol. The van der Waals surface area contributed by atoms with Crippen molar-refractivity contribution in [2.24, 2.45) is 0 Å². The molecule has 0 aliphatic carbocycles. The zero-order valence-electron chi connectivity index (χ0n) is 11.6. The van der Waals surface area contributed by atoms with E-state index in [1.165, 1.54) is 4.88 Å². The summed E-state index contributed by atoms with van der Waals surface area (Å²) < 4.78 is 5.54. The zero-order valence-corrected chi connectivity index (χ0v) is 13.2. The van der Waals surface area contributed by atoms with Crippen molar-refractivity contribution >= 4 is 40.2 Å². The molecule has 2 rings (SSSR count). The van der Waals surface area contributed by atoms with Gasteiger partial charge in [-0.15, -0.1) is 11.3 Å². The molecule has 0 aliphatic heterocycles. The van der Waals surface area contributed by atoms with E-state index in [0.29, 0.717) is 23.0 Å². The van der Waals surface area contributed by atoms with Crippen LogP contribution in [0.15, 0.2) is 35.7 Å². The number of anilines is 2. The SMILES string of the molecule is CC(OCCc1cccs1)C(=O)Nc1ccc(Cl)cc1N. The molecule has 1 unspecified atom stereocenters. The van der Waals surface area contributed by atoms with Gasteiger partial charge in [-0.25, -0.2) is 0 Å². The van der Waals surface area contributed by atoms with Gasteiger partial charge in [-0.3, -0.25) is 4.79 Å². The maximum absolute atomic E-state index is 12.0. The van der Waals surface area contributed by atoms with Crippen LogP contribution in [0.3, 0.4) is 0 Å². The molecule has 1 aromatic carbocycles. The summed E-state index contributed by atoms with van der Waals surface area (Å²) in [7, 11) is 0. The molecular weight excluding hydrogens is 308 g/mol. The van der Waals surface area contributed by atoms with Crippen molar-refractivity contribution in [3.8, 4) is 0 Å². The van der Waals surface area contributed by atoms with Crippen molar-refractivity contribution in [3.05, 3.63) is 45.6 Å². The monoisotopic (exact) mass is 324 g/mol. The second-order valence-corrected chi connectivity index (χ2v) is 6.03. The molecule has 0 radical (unpaired) electrons. The van der Waals surface area contributed by atoms with E-state index in [1.807, 2.05) is 17.5 Å². The normalized spacial score (nSPS) is 12.1. The molecule has 6 heteroatoms. The van der Waals surface area contributed by atoms with Crippen LogP contribution in [0.1, 0.15) is 11.8 Å². The average Bonchev–Trinajstić information content (AvgIpc) is 2.95. The quantitative estimate of drug-likeness (QED) is 0.798. The summed E-state index contributed by atoms with van der Waals surface area (Å²) in [5.41, 5.74) is 6.77. The van der Waals surface area contributed by atoms with Crippen LogP contribution >= 0.6 is 22.9 Å². The van der Waals surface area contributed by atoms with Crippen LogP contribution in [-0.2, 0) is 16.0 Å². The van der Waals surface area contributed by atoms with E-state index in [4.69, 9.17) is 22.1 Å². The maximum Gasteiger partial charge on any atom is 0.253 e. The van der Waals surface area contributed by atoms with Crippen LogP contribution < -0.4 is 11.1 Å². The lowest BCUT2D eigenvalue weighted by atomic mass is 10.2. The fourth-order valence-electron chi connectivity index (χ4n) is 1.75. The fraction of sp³-hybridized carbons (Fsp3) is 0.267. The standard InChI is InChI=1S/C15H17ClN2O2S/c1-10(20-7-6-12-3-2-8-21-12)15(19)18-14-5-4-11(16)9-13(14)17/h2-5,8-10H,6-7,17H2,1H3,(H,18,19). The van der Waals surface area contributed by atoms with Gasteiger partial charge in [0, 0.05) is 16.3 Å². The van der Waals surface area contributed by atoms with E-state index in [2.05, 4.69) is 5.32 Å². The van der Waals surface area contributed by atoms with Gasteiger partial charge in [-0.1, -0.05) is 17.7 Å². The van der Waals surface area contributed by atoms with Gasteiger partial charge in [0.2, 0.25) is 0 Å². The van der Waals surface area contributed by atoms with Crippen molar-refractivity contribution in [2.75, 3.05) is 17.7 Å². The number of halogens is 1. The first kappa shape index (κ1) is 15.8. The minimum Gasteiger partial charge on any atom is -0.397 e. The van der Waals surface area contributed by atoms with Gasteiger partial charge in [0.1, 0.15) is 6.10 Å². The number of thiophene rings is 1. The Morgan fingerprint density at radius 1 is 1.48 bits per heavy atom. The molecule has 0 fully saturated rings. The summed E-state index contributed by atoms with van der Waals surface area (Å²) in [6.45, 7) is 2.22. The van der Waals surface area contributed by atoms with Crippen LogP contribution in [0.4, 0.5) is 11.4 Å². The number of rotatable bonds is 6. The minimum absolute atomic E-state index is 0.227. The fourth-order valence-corrected chi connectivity index (χ4v) is 2.62. The number of nitrogens with one attached hydrogen (secondary N) is 1. The van der Waals surface area contributed by atoms with Gasteiger partial charge >= 0.3 is 0 Å². The number of ether oxygens (including phenoxy) is 1. The summed E-state index contributed by atoms with van der Waals surface area (Å²) in [5.74, 6) is -0.227. The first-order valence-electron chi connectivity index (χ1n) is 6.56. The lowest BCUT2D eigenvalue weighted by Gasteiger charge is -2.14. The average molecular weight is 325 g/mol. The smallest absolute Gasteiger partial charge is 0.253 e. The molecular formula is C15H17ClN2O2S. The molecule has 2 aromatic rings. The Kier molecular flexibility index (Phi) is 5.61. The Balaban J connectivity index is 1.81. The lowest BCUT2D eigenvalue weighted by molar-refractivity contribution is -0.126. The number of nitrogens with two attached hydrogens (primary N) is 1. The molecule has 112 valence electrons. The second-order valence-electron chi connectivity index (χ2n) is 4.56. The maximum atomic E-state index is 12.0. The van der Waals surface area contributed by atoms with Crippen molar-refractivity contribution in [1.29, 1.82) is 0 Å². The predicted octanol–water partition coefficient (Wildman–Crippen LogP) is 3.57. The molecule has 1 heterocycles. The molecule has 0 aliphatic rings. The Labute approximate surface area is 132 Å². The number of amides is 1. The summed E-state index contributed by atoms with van der Waals surface area (Å²) in [4.78, 5) is 13.3. The molecule has 1 amide bonds. The lowest BCUT2D eigenvalue weighted by Crippen LogP contribution is -2.28. The number of carbonyl (C=O) groups is 1. The Morgan fingerprint density at radius 2 is 2.29 bits per heavy atom. The first-order chi connectivity index (χ1) is 10.1. The van der Waals surface area contributed by atoms with Crippen LogP contribution in [0.5, 0.6) is 0 Å². The molecule has 0 saturated heterocycles. The van der Waals surface area contributed by atoms with E-state index in [9.17, 15) is 4.79 Å². The molecule has 0 bridgehead atoms. The highest BCUT2D eigenvalue weighted by atomic mass is 35.5. The molecule has 21 heavy (non-hydrogen) atoms. The van der Waals surface area contributed by atoms with Gasteiger partial charge in [-0.2, -0.15) is 0 Å². The van der Waals surface area contributed by atoms with E-state index in [1.54, 1.807) is 36.5 Å². The molecule has 3 N–H and O–H groups in total. The van der Waals surface area contributed by atoms with Gasteiger partial charge in [0.25, 0.3) is 5.91 Å². The highest BCUT2D eigenvalue weighted by Crippen LogP contribution is 2.22. The van der Waals surface area contributed by atoms with Gasteiger partial charge in [0.15, 0.2) is 0 Å². The summed E-state index contributed by atoms with van der Waals surface area (Å²) in [6.07, 6.45) is 0.262. The third-order valence-corrected chi connectivity index (χ3v) is 4.11. The first-order valence-corrected chi connectivity index (χ1v) is 7.82. The number of hydrogen-bond donors (Lipinski definition) is 2. The second kappa shape index (κ2) is 7.45. The third-order valence-electron chi connectivity index (χ3n) is 2.94. The molecule has 0 saturated carbocycles. The van der Waals surface area contributed by atoms with E-state index in [-0.39, 0.29) is 5.91 Å². The minimum atomic E-state index is -0.542. The third kappa shape index (κ3) is 4.74. The number of nitrogen functional groups attached to an aromatic ring is 1. The van der Waals surface area contributed by atoms with Crippen LogP contribution in [0.2, 0.25) is 5.02 Å². The zero-order chi connectivity index (χ0) is 15.2. The Bertz CT molecular complexity index is 602. The molecule has 0 spiro atoms. The van der Waals surface area contributed by atoms with Crippen LogP contribution in [-0.4, -0.2) is 18.6 Å². The number of carbonyl (C=O) groups excluding carboxylic acids is 1. The highest BCUT2D eigenvalue weighted by Gasteiger charge is 2.14. The van der Waals surface area contributed by atoms with Crippen LogP contribution in [0, 0.1) is 0 Å². The number of benzene rings is 1. The Hall–Kier alpha value is -1.56. The summed E-state index contributed by atoms with van der Waals surface area (Å²) in [5, 5.41) is 5.29. The van der Waals surface area contributed by atoms with Crippen LogP contribution in [0.25, 0.3) is 0 Å². The largest absolute Gasteiger partial charge is 0.397 e. The van der Waals surface area contributed by atoms with E-state index >= 15 is 0 Å². The van der Waals surface area contributed by atoms with Gasteiger partial charge < -0.3 is 15.8 Å².